The molecule has 0 aliphatic rings. The summed E-state index contributed by atoms with van der Waals surface area (Å²) in [5.74, 6) is 0. The predicted octanol–water partition coefficient (Wildman–Crippen LogP) is -0.110. The standard InChI is InChI=1S/C8H13N7S/c1-6(3-15-5-10-4-12-15)11-2-7-13-14-8(9)16-7/h4-6,11H,2-3H2,1H3,(H2,9,14)/t6-/m0/s1. The number of nitrogens with two attached hydrogens (primary N) is 1. The van der Waals surface area contributed by atoms with Gasteiger partial charge in [-0.3, -0.25) is 4.68 Å². The molecule has 86 valence electrons. The van der Waals surface area contributed by atoms with Gasteiger partial charge >= 0.3 is 0 Å². The van der Waals surface area contributed by atoms with Crippen molar-refractivity contribution >= 4 is 16.5 Å². The van der Waals surface area contributed by atoms with Crippen LogP contribution in [-0.2, 0) is 13.1 Å². The molecular formula is C8H13N7S. The largest absolute Gasteiger partial charge is 0.374 e. The van der Waals surface area contributed by atoms with Crippen molar-refractivity contribution in [2.75, 3.05) is 5.73 Å². The molecule has 16 heavy (non-hydrogen) atoms. The van der Waals surface area contributed by atoms with Crippen molar-refractivity contribution in [1.29, 1.82) is 0 Å². The van der Waals surface area contributed by atoms with Crippen molar-refractivity contribution in [1.82, 2.24) is 30.3 Å². The van der Waals surface area contributed by atoms with Crippen LogP contribution in [0.25, 0.3) is 0 Å². The molecule has 7 nitrogen and oxygen atoms in total. The highest BCUT2D eigenvalue weighted by atomic mass is 32.1. The highest BCUT2D eigenvalue weighted by Crippen LogP contribution is 2.10. The number of rotatable bonds is 5. The van der Waals surface area contributed by atoms with Gasteiger partial charge in [0.25, 0.3) is 0 Å². The third-order valence-corrected chi connectivity index (χ3v) is 2.76. The van der Waals surface area contributed by atoms with Gasteiger partial charge in [-0.25, -0.2) is 4.98 Å². The fraction of sp³-hybridized carbons (Fsp3) is 0.500. The van der Waals surface area contributed by atoms with E-state index in [1.54, 1.807) is 11.0 Å². The second-order valence-electron chi connectivity index (χ2n) is 3.43. The lowest BCUT2D eigenvalue weighted by Gasteiger charge is -2.11. The summed E-state index contributed by atoms with van der Waals surface area (Å²) in [6.45, 7) is 3.52. The molecule has 0 fully saturated rings. The molecule has 8 heteroatoms. The Balaban J connectivity index is 1.77. The second kappa shape index (κ2) is 4.99. The summed E-state index contributed by atoms with van der Waals surface area (Å²) < 4.78 is 1.78. The number of hydrogen-bond donors (Lipinski definition) is 2. The minimum atomic E-state index is 0.284. The molecule has 0 saturated carbocycles. The molecular weight excluding hydrogens is 226 g/mol. The maximum atomic E-state index is 5.49. The van der Waals surface area contributed by atoms with Crippen molar-refractivity contribution in [2.24, 2.45) is 0 Å². The van der Waals surface area contributed by atoms with E-state index in [0.717, 1.165) is 11.6 Å². The van der Waals surface area contributed by atoms with Gasteiger partial charge in [0, 0.05) is 6.04 Å². The van der Waals surface area contributed by atoms with E-state index in [4.69, 9.17) is 5.73 Å². The molecule has 0 bridgehead atoms. The van der Waals surface area contributed by atoms with Crippen LogP contribution in [0.4, 0.5) is 5.13 Å². The predicted molar refractivity (Wildman–Crippen MR) is 60.6 cm³/mol. The fourth-order valence-corrected chi connectivity index (χ4v) is 1.83. The summed E-state index contributed by atoms with van der Waals surface area (Å²) in [5, 5.41) is 16.4. The Labute approximate surface area is 96.7 Å². The van der Waals surface area contributed by atoms with Crippen LogP contribution in [0.5, 0.6) is 0 Å². The zero-order valence-corrected chi connectivity index (χ0v) is 9.68. The fourth-order valence-electron chi connectivity index (χ4n) is 1.27. The van der Waals surface area contributed by atoms with Crippen molar-refractivity contribution in [3.05, 3.63) is 17.7 Å². The lowest BCUT2D eigenvalue weighted by molar-refractivity contribution is 0.449. The van der Waals surface area contributed by atoms with Gasteiger partial charge in [-0.1, -0.05) is 11.3 Å². The molecule has 0 aromatic carbocycles. The number of nitrogens with zero attached hydrogens (tertiary/aromatic N) is 5. The first-order chi connectivity index (χ1) is 7.74. The zero-order chi connectivity index (χ0) is 11.4. The Morgan fingerprint density at radius 2 is 2.44 bits per heavy atom. The van der Waals surface area contributed by atoms with Crippen LogP contribution in [0.1, 0.15) is 11.9 Å². The highest BCUT2D eigenvalue weighted by Gasteiger charge is 2.05. The maximum Gasteiger partial charge on any atom is 0.203 e. The van der Waals surface area contributed by atoms with Gasteiger partial charge in [0.15, 0.2) is 0 Å². The van der Waals surface area contributed by atoms with Gasteiger partial charge < -0.3 is 11.1 Å². The van der Waals surface area contributed by atoms with Gasteiger partial charge in [0.2, 0.25) is 5.13 Å². The summed E-state index contributed by atoms with van der Waals surface area (Å²) in [5.41, 5.74) is 5.49. The molecule has 2 heterocycles. The van der Waals surface area contributed by atoms with Crippen LogP contribution in [0.3, 0.4) is 0 Å². The molecule has 0 aliphatic carbocycles. The Bertz CT molecular complexity index is 423. The number of hydrogen-bond acceptors (Lipinski definition) is 7. The SMILES string of the molecule is C[C@@H](Cn1cncn1)NCc1nnc(N)s1. The minimum Gasteiger partial charge on any atom is -0.374 e. The van der Waals surface area contributed by atoms with Gasteiger partial charge in [0.05, 0.1) is 13.1 Å². The van der Waals surface area contributed by atoms with E-state index in [1.807, 2.05) is 0 Å². The van der Waals surface area contributed by atoms with Crippen LogP contribution < -0.4 is 11.1 Å². The average Bonchev–Trinajstić information content (AvgIpc) is 2.87. The van der Waals surface area contributed by atoms with Gasteiger partial charge in [-0.05, 0) is 6.92 Å². The third kappa shape index (κ3) is 2.97. The van der Waals surface area contributed by atoms with E-state index in [0.29, 0.717) is 11.7 Å². The number of nitrogens with one attached hydrogen (secondary N) is 1. The zero-order valence-electron chi connectivity index (χ0n) is 8.87. The summed E-state index contributed by atoms with van der Waals surface area (Å²) in [4.78, 5) is 3.88. The van der Waals surface area contributed by atoms with Gasteiger partial charge in [-0.2, -0.15) is 5.10 Å². The number of anilines is 1. The van der Waals surface area contributed by atoms with Crippen molar-refractivity contribution in [2.45, 2.75) is 26.1 Å². The summed E-state index contributed by atoms with van der Waals surface area (Å²) in [7, 11) is 0. The molecule has 0 saturated heterocycles. The minimum absolute atomic E-state index is 0.284. The molecule has 0 radical (unpaired) electrons. The monoisotopic (exact) mass is 239 g/mol. The lowest BCUT2D eigenvalue weighted by atomic mass is 10.3. The molecule has 3 N–H and O–H groups in total. The van der Waals surface area contributed by atoms with Crippen LogP contribution >= 0.6 is 11.3 Å². The Morgan fingerprint density at radius 3 is 3.06 bits per heavy atom. The van der Waals surface area contributed by atoms with Crippen molar-refractivity contribution < 1.29 is 0 Å². The van der Waals surface area contributed by atoms with E-state index in [2.05, 4.69) is 32.5 Å². The quantitative estimate of drug-likeness (QED) is 0.756. The summed E-state index contributed by atoms with van der Waals surface area (Å²) in [6.07, 6.45) is 3.22. The molecule has 0 unspecified atom stereocenters. The van der Waals surface area contributed by atoms with E-state index in [9.17, 15) is 0 Å². The molecule has 2 aromatic heterocycles. The first-order valence-electron chi connectivity index (χ1n) is 4.87. The molecule has 0 amide bonds. The van der Waals surface area contributed by atoms with Gasteiger partial charge in [-0.15, -0.1) is 10.2 Å². The van der Waals surface area contributed by atoms with Crippen LogP contribution in [0, 0.1) is 0 Å². The Kier molecular flexibility index (Phi) is 3.42. The van der Waals surface area contributed by atoms with Gasteiger partial charge in [0.1, 0.15) is 17.7 Å². The van der Waals surface area contributed by atoms with Crippen LogP contribution in [0.15, 0.2) is 12.7 Å². The normalized spacial score (nSPS) is 12.8. The third-order valence-electron chi connectivity index (χ3n) is 2.01. The van der Waals surface area contributed by atoms with E-state index in [1.165, 1.54) is 17.7 Å². The van der Waals surface area contributed by atoms with E-state index < -0.39 is 0 Å². The average molecular weight is 239 g/mol. The lowest BCUT2D eigenvalue weighted by Crippen LogP contribution is -2.30. The Morgan fingerprint density at radius 1 is 1.56 bits per heavy atom. The maximum absolute atomic E-state index is 5.49. The molecule has 2 rings (SSSR count). The highest BCUT2D eigenvalue weighted by molar-refractivity contribution is 7.15. The number of nitrogen functional groups attached to an aromatic ring is 1. The summed E-state index contributed by atoms with van der Waals surface area (Å²) in [6, 6.07) is 0.284. The molecule has 0 aliphatic heterocycles. The van der Waals surface area contributed by atoms with Crippen molar-refractivity contribution in [3.8, 4) is 0 Å². The smallest absolute Gasteiger partial charge is 0.203 e. The molecule has 0 spiro atoms. The topological polar surface area (TPSA) is 94.5 Å². The first kappa shape index (κ1) is 11.0. The number of aromatic nitrogens is 5. The van der Waals surface area contributed by atoms with E-state index >= 15 is 0 Å². The summed E-state index contributed by atoms with van der Waals surface area (Å²) >= 11 is 1.40. The molecule has 2 aromatic rings. The van der Waals surface area contributed by atoms with E-state index in [-0.39, 0.29) is 6.04 Å². The second-order valence-corrected chi connectivity index (χ2v) is 4.53. The van der Waals surface area contributed by atoms with Crippen molar-refractivity contribution in [3.63, 3.8) is 0 Å². The van der Waals surface area contributed by atoms with Crippen LogP contribution in [0.2, 0.25) is 0 Å². The Hall–Kier alpha value is -1.54. The van der Waals surface area contributed by atoms with Crippen LogP contribution in [-0.4, -0.2) is 31.0 Å². The first-order valence-corrected chi connectivity index (χ1v) is 5.69. The molecule has 1 atom stereocenters.